The van der Waals surface area contributed by atoms with Gasteiger partial charge in [-0.3, -0.25) is 0 Å². The van der Waals surface area contributed by atoms with Gasteiger partial charge in [-0.2, -0.15) is 36.9 Å². The van der Waals surface area contributed by atoms with Crippen LogP contribution >= 0.6 is 0 Å². The molecule has 2 nitrogen and oxygen atoms in total. The van der Waals surface area contributed by atoms with Crippen molar-refractivity contribution >= 4 is 0 Å². The number of hydrogen-bond acceptors (Lipinski definition) is 2. The van der Waals surface area contributed by atoms with Gasteiger partial charge in [0.05, 0.1) is 35.2 Å². The lowest BCUT2D eigenvalue weighted by atomic mass is 9.96. The molecule has 0 saturated heterocycles. The molecule has 0 aliphatic rings. The molecule has 1 aromatic carbocycles. The molecule has 0 radical (unpaired) electrons. The molecule has 0 fully saturated rings. The van der Waals surface area contributed by atoms with E-state index >= 15 is 0 Å². The Kier molecular flexibility index (Phi) is 3.75. The highest BCUT2D eigenvalue weighted by Gasteiger charge is 2.40. The predicted octanol–water partition coefficient (Wildman–Crippen LogP) is 3.66. The normalized spacial score (nSPS) is 11.8. The molecule has 0 unspecified atom stereocenters. The predicted molar refractivity (Wildman–Crippen MR) is 50.5 cm³/mol. The summed E-state index contributed by atoms with van der Waals surface area (Å²) in [5, 5.41) is 16.9. The Bertz CT molecular complexity index is 571. The Morgan fingerprint density at radius 3 is 1.79 bits per heavy atom. The van der Waals surface area contributed by atoms with E-state index in [0.717, 1.165) is 0 Å². The van der Waals surface area contributed by atoms with E-state index in [9.17, 15) is 26.3 Å². The summed E-state index contributed by atoms with van der Waals surface area (Å²) in [6.45, 7) is 0. The maximum Gasteiger partial charge on any atom is 0.417 e. The van der Waals surface area contributed by atoms with Gasteiger partial charge in [-0.1, -0.05) is 0 Å². The quantitative estimate of drug-likeness (QED) is 0.736. The lowest BCUT2D eigenvalue weighted by Crippen LogP contribution is -2.15. The smallest absolute Gasteiger partial charge is 0.198 e. The second-order valence-electron chi connectivity index (χ2n) is 3.50. The minimum Gasteiger partial charge on any atom is -0.198 e. The number of hydrogen-bond donors (Lipinski definition) is 0. The van der Waals surface area contributed by atoms with Crippen molar-refractivity contribution in [2.24, 2.45) is 0 Å². The summed E-state index contributed by atoms with van der Waals surface area (Å²) >= 11 is 0. The largest absolute Gasteiger partial charge is 0.417 e. The fraction of sp³-hybridized carbons (Fsp3) is 0.273. The van der Waals surface area contributed by atoms with Crippen LogP contribution in [0.2, 0.25) is 0 Å². The van der Waals surface area contributed by atoms with Crippen LogP contribution in [-0.2, 0) is 18.8 Å². The van der Waals surface area contributed by atoms with Gasteiger partial charge in [0.15, 0.2) is 0 Å². The molecule has 0 atom stereocenters. The number of halogens is 6. The molecule has 0 N–H and O–H groups in total. The van der Waals surface area contributed by atoms with E-state index in [0.29, 0.717) is 6.07 Å². The first kappa shape index (κ1) is 14.8. The Morgan fingerprint density at radius 2 is 1.42 bits per heavy atom. The van der Waals surface area contributed by atoms with Crippen LogP contribution in [0.3, 0.4) is 0 Å². The second-order valence-corrected chi connectivity index (χ2v) is 3.50. The summed E-state index contributed by atoms with van der Waals surface area (Å²) in [6.07, 6.45) is -10.8. The molecule has 0 bridgehead atoms. The van der Waals surface area contributed by atoms with Gasteiger partial charge >= 0.3 is 12.4 Å². The van der Waals surface area contributed by atoms with Crippen molar-refractivity contribution in [2.45, 2.75) is 18.8 Å². The number of nitrogens with zero attached hydrogens (tertiary/aromatic N) is 2. The Labute approximate surface area is 103 Å². The number of benzene rings is 1. The summed E-state index contributed by atoms with van der Waals surface area (Å²) in [6, 6.07) is 2.92. The van der Waals surface area contributed by atoms with Crippen molar-refractivity contribution in [3.63, 3.8) is 0 Å². The summed E-state index contributed by atoms with van der Waals surface area (Å²) < 4.78 is 75.5. The third kappa shape index (κ3) is 3.16. The van der Waals surface area contributed by atoms with Gasteiger partial charge in [-0.05, 0) is 17.7 Å². The van der Waals surface area contributed by atoms with Crippen LogP contribution in [0.5, 0.6) is 0 Å². The van der Waals surface area contributed by atoms with Crippen molar-refractivity contribution in [1.29, 1.82) is 10.5 Å². The molecule has 0 saturated carbocycles. The molecule has 0 spiro atoms. The zero-order chi connectivity index (χ0) is 14.8. The molecule has 0 aliphatic heterocycles. The van der Waals surface area contributed by atoms with Gasteiger partial charge in [-0.25, -0.2) is 0 Å². The van der Waals surface area contributed by atoms with Crippen LogP contribution in [0.15, 0.2) is 12.1 Å². The number of alkyl halides is 6. The fourth-order valence-corrected chi connectivity index (χ4v) is 1.47. The Morgan fingerprint density at radius 1 is 0.895 bits per heavy atom. The van der Waals surface area contributed by atoms with Crippen LogP contribution in [-0.4, -0.2) is 0 Å². The second kappa shape index (κ2) is 4.81. The third-order valence-electron chi connectivity index (χ3n) is 2.24. The molecular weight excluding hydrogens is 274 g/mol. The molecule has 1 rings (SSSR count). The topological polar surface area (TPSA) is 47.6 Å². The van der Waals surface area contributed by atoms with Crippen molar-refractivity contribution in [3.8, 4) is 12.1 Å². The van der Waals surface area contributed by atoms with Gasteiger partial charge in [0.2, 0.25) is 0 Å². The maximum absolute atomic E-state index is 12.6. The van der Waals surface area contributed by atoms with Gasteiger partial charge in [0, 0.05) is 0 Å². The minimum absolute atomic E-state index is 0.134. The van der Waals surface area contributed by atoms with Crippen LogP contribution < -0.4 is 0 Å². The van der Waals surface area contributed by atoms with E-state index in [1.54, 1.807) is 0 Å². The molecule has 0 aliphatic carbocycles. The first-order chi connectivity index (χ1) is 8.61. The average molecular weight is 278 g/mol. The minimum atomic E-state index is -5.07. The van der Waals surface area contributed by atoms with Gasteiger partial charge in [-0.15, -0.1) is 0 Å². The first-order valence-corrected chi connectivity index (χ1v) is 4.69. The summed E-state index contributed by atoms with van der Waals surface area (Å²) in [5.41, 5.74) is -4.81. The van der Waals surface area contributed by atoms with Crippen molar-refractivity contribution in [3.05, 3.63) is 34.4 Å². The summed E-state index contributed by atoms with van der Waals surface area (Å²) in [7, 11) is 0. The van der Waals surface area contributed by atoms with Crippen LogP contribution in [0.1, 0.15) is 22.3 Å². The van der Waals surface area contributed by atoms with E-state index in [-0.39, 0.29) is 6.07 Å². The van der Waals surface area contributed by atoms with Crippen LogP contribution in [0, 0.1) is 22.7 Å². The molecule has 19 heavy (non-hydrogen) atoms. The van der Waals surface area contributed by atoms with E-state index in [2.05, 4.69) is 0 Å². The lowest BCUT2D eigenvalue weighted by molar-refractivity contribution is -0.143. The molecule has 0 amide bonds. The van der Waals surface area contributed by atoms with Crippen molar-refractivity contribution in [2.75, 3.05) is 0 Å². The molecule has 100 valence electrons. The van der Waals surface area contributed by atoms with Gasteiger partial charge in [0.25, 0.3) is 0 Å². The third-order valence-corrected chi connectivity index (χ3v) is 2.24. The fourth-order valence-electron chi connectivity index (χ4n) is 1.47. The maximum atomic E-state index is 12.6. The molecule has 0 heterocycles. The zero-order valence-corrected chi connectivity index (χ0v) is 9.02. The number of rotatable bonds is 1. The van der Waals surface area contributed by atoms with E-state index < -0.39 is 41.0 Å². The molecule has 8 heteroatoms. The molecule has 1 aromatic rings. The monoisotopic (exact) mass is 278 g/mol. The average Bonchev–Trinajstić information content (AvgIpc) is 2.25. The zero-order valence-electron chi connectivity index (χ0n) is 9.02. The highest BCUT2D eigenvalue weighted by atomic mass is 19.4. The van der Waals surface area contributed by atoms with E-state index in [4.69, 9.17) is 10.5 Å². The van der Waals surface area contributed by atoms with Crippen molar-refractivity contribution < 1.29 is 26.3 Å². The van der Waals surface area contributed by atoms with E-state index in [1.165, 1.54) is 12.1 Å². The Balaban J connectivity index is 3.64. The van der Waals surface area contributed by atoms with E-state index in [1.807, 2.05) is 0 Å². The highest BCUT2D eigenvalue weighted by Crippen LogP contribution is 2.39. The molecule has 0 aromatic heterocycles. The Hall–Kier alpha value is -2.22. The van der Waals surface area contributed by atoms with Crippen LogP contribution in [0.4, 0.5) is 26.3 Å². The number of nitriles is 2. The SMILES string of the molecule is N#CCc1cc(C#N)c(C(F)(F)F)cc1C(F)(F)F. The highest BCUT2D eigenvalue weighted by molar-refractivity contribution is 5.48. The van der Waals surface area contributed by atoms with Gasteiger partial charge < -0.3 is 0 Å². The first-order valence-electron chi connectivity index (χ1n) is 4.69. The lowest BCUT2D eigenvalue weighted by Gasteiger charge is -2.16. The van der Waals surface area contributed by atoms with Gasteiger partial charge in [0.1, 0.15) is 0 Å². The summed E-state index contributed by atoms with van der Waals surface area (Å²) in [4.78, 5) is 0. The van der Waals surface area contributed by atoms with Crippen molar-refractivity contribution in [1.82, 2.24) is 0 Å². The summed E-state index contributed by atoms with van der Waals surface area (Å²) in [5.74, 6) is 0. The molecular formula is C11H4F6N2. The van der Waals surface area contributed by atoms with Crippen LogP contribution in [0.25, 0.3) is 0 Å². The standard InChI is InChI=1S/C11H4F6N2/c12-10(13,14)8-4-9(11(15,16)17)7(5-19)3-6(8)1-2-18/h3-4H,1H2.